The Morgan fingerprint density at radius 3 is 2.68 bits per heavy atom. The zero-order valence-corrected chi connectivity index (χ0v) is 14.3. The fourth-order valence-corrected chi connectivity index (χ4v) is 3.12. The van der Waals surface area contributed by atoms with Crippen LogP contribution < -0.4 is 16.0 Å². The highest BCUT2D eigenvalue weighted by Gasteiger charge is 2.36. The molecule has 1 saturated heterocycles. The van der Waals surface area contributed by atoms with Crippen molar-refractivity contribution in [3.63, 3.8) is 0 Å². The molecular formula is C19H18FN3OS. The first-order valence-electron chi connectivity index (χ1n) is 7.88. The van der Waals surface area contributed by atoms with Gasteiger partial charge in [-0.2, -0.15) is 0 Å². The van der Waals surface area contributed by atoms with E-state index < -0.39 is 12.0 Å². The minimum atomic E-state index is -0.614. The molecule has 0 saturated carbocycles. The van der Waals surface area contributed by atoms with Crippen molar-refractivity contribution >= 4 is 23.2 Å². The molecule has 2 aromatic carbocycles. The van der Waals surface area contributed by atoms with Gasteiger partial charge in [0.1, 0.15) is 11.7 Å². The monoisotopic (exact) mass is 355 g/mol. The fourth-order valence-electron chi connectivity index (χ4n) is 2.87. The minimum Gasteiger partial charge on any atom is -0.354 e. The van der Waals surface area contributed by atoms with E-state index in [9.17, 15) is 9.18 Å². The van der Waals surface area contributed by atoms with Crippen LogP contribution in [0.15, 0.2) is 66.9 Å². The largest absolute Gasteiger partial charge is 0.354 e. The summed E-state index contributed by atoms with van der Waals surface area (Å²) in [7, 11) is 0. The summed E-state index contributed by atoms with van der Waals surface area (Å²) in [6.07, 6.45) is 0. The van der Waals surface area contributed by atoms with Gasteiger partial charge in [-0.05, 0) is 35.5 Å². The van der Waals surface area contributed by atoms with Crippen LogP contribution in [0.4, 0.5) is 4.39 Å². The van der Waals surface area contributed by atoms with Gasteiger partial charge in [-0.25, -0.2) is 4.39 Å². The molecular weight excluding hydrogens is 337 g/mol. The molecule has 1 aliphatic rings. The Kier molecular flexibility index (Phi) is 5.09. The van der Waals surface area contributed by atoms with Gasteiger partial charge in [0.15, 0.2) is 5.11 Å². The van der Waals surface area contributed by atoms with Gasteiger partial charge in [-0.3, -0.25) is 4.79 Å². The normalized spacial score (nSPS) is 19.7. The van der Waals surface area contributed by atoms with Crippen molar-refractivity contribution in [2.45, 2.75) is 12.6 Å². The molecule has 25 heavy (non-hydrogen) atoms. The van der Waals surface area contributed by atoms with E-state index in [0.29, 0.717) is 22.9 Å². The van der Waals surface area contributed by atoms with E-state index in [-0.39, 0.29) is 11.7 Å². The second kappa shape index (κ2) is 7.44. The van der Waals surface area contributed by atoms with Crippen molar-refractivity contribution in [1.29, 1.82) is 0 Å². The molecule has 1 amide bonds. The second-order valence-electron chi connectivity index (χ2n) is 5.84. The average molecular weight is 355 g/mol. The van der Waals surface area contributed by atoms with Crippen LogP contribution in [0.3, 0.4) is 0 Å². The van der Waals surface area contributed by atoms with Gasteiger partial charge in [-0.15, -0.1) is 0 Å². The van der Waals surface area contributed by atoms with Gasteiger partial charge >= 0.3 is 0 Å². The van der Waals surface area contributed by atoms with E-state index in [1.165, 1.54) is 12.1 Å². The van der Waals surface area contributed by atoms with E-state index in [1.807, 2.05) is 30.3 Å². The van der Waals surface area contributed by atoms with Gasteiger partial charge < -0.3 is 16.0 Å². The maximum absolute atomic E-state index is 13.6. The van der Waals surface area contributed by atoms with Gasteiger partial charge in [0.2, 0.25) is 5.91 Å². The first-order chi connectivity index (χ1) is 12.0. The lowest BCUT2D eigenvalue weighted by molar-refractivity contribution is -0.125. The molecule has 2 atom stereocenters. The molecule has 4 nitrogen and oxygen atoms in total. The summed E-state index contributed by atoms with van der Waals surface area (Å²) in [4.78, 5) is 12.8. The van der Waals surface area contributed by atoms with Crippen LogP contribution in [0, 0.1) is 11.7 Å². The molecule has 128 valence electrons. The Morgan fingerprint density at radius 1 is 1.20 bits per heavy atom. The summed E-state index contributed by atoms with van der Waals surface area (Å²) in [5, 5.41) is 9.22. The standard InChI is InChI=1S/C19H18FN3OS/c1-12-16(18(24)21-11-13-6-3-2-4-7-13)17(23-19(25)22-12)14-8-5-9-15(20)10-14/h2-10,16-17H,1,11H2,(H,21,24)(H2,22,23,25)/t16-,17+/m1/s1. The molecule has 6 heteroatoms. The van der Waals surface area contributed by atoms with Crippen LogP contribution >= 0.6 is 12.2 Å². The summed E-state index contributed by atoms with van der Waals surface area (Å²) in [5.41, 5.74) is 2.13. The predicted molar refractivity (Wildman–Crippen MR) is 98.9 cm³/mol. The molecule has 0 bridgehead atoms. The van der Waals surface area contributed by atoms with Crippen LogP contribution in [0.25, 0.3) is 0 Å². The number of carbonyl (C=O) groups excluding carboxylic acids is 1. The van der Waals surface area contributed by atoms with E-state index in [1.54, 1.807) is 12.1 Å². The summed E-state index contributed by atoms with van der Waals surface area (Å²) in [6.45, 7) is 4.33. The van der Waals surface area contributed by atoms with E-state index in [2.05, 4.69) is 22.5 Å². The van der Waals surface area contributed by atoms with Crippen LogP contribution in [-0.2, 0) is 11.3 Å². The summed E-state index contributed by atoms with van der Waals surface area (Å²) >= 11 is 5.16. The first kappa shape index (κ1) is 17.1. The van der Waals surface area contributed by atoms with Crippen molar-refractivity contribution in [3.05, 3.63) is 83.8 Å². The number of thiocarbonyl (C=S) groups is 1. The first-order valence-corrected chi connectivity index (χ1v) is 8.29. The third-order valence-corrected chi connectivity index (χ3v) is 4.29. The summed E-state index contributed by atoms with van der Waals surface area (Å²) < 4.78 is 13.6. The smallest absolute Gasteiger partial charge is 0.231 e. The van der Waals surface area contributed by atoms with Crippen molar-refractivity contribution in [2.24, 2.45) is 5.92 Å². The topological polar surface area (TPSA) is 53.2 Å². The molecule has 3 rings (SSSR count). The Hall–Kier alpha value is -2.73. The molecule has 0 aromatic heterocycles. The molecule has 1 aliphatic heterocycles. The summed E-state index contributed by atoms with van der Waals surface area (Å²) in [5.74, 6) is -1.18. The number of rotatable bonds is 4. The lowest BCUT2D eigenvalue weighted by Crippen LogP contribution is -2.52. The number of carbonyl (C=O) groups is 1. The molecule has 0 unspecified atom stereocenters. The average Bonchev–Trinajstić information content (AvgIpc) is 2.60. The van der Waals surface area contributed by atoms with Crippen LogP contribution in [0.2, 0.25) is 0 Å². The molecule has 3 N–H and O–H groups in total. The van der Waals surface area contributed by atoms with Crippen molar-refractivity contribution in [3.8, 4) is 0 Å². The van der Waals surface area contributed by atoms with Crippen LogP contribution in [0.1, 0.15) is 17.2 Å². The molecule has 0 spiro atoms. The molecule has 0 radical (unpaired) electrons. The Morgan fingerprint density at radius 2 is 1.96 bits per heavy atom. The highest BCUT2D eigenvalue weighted by molar-refractivity contribution is 7.80. The zero-order chi connectivity index (χ0) is 17.8. The van der Waals surface area contributed by atoms with Gasteiger partial charge in [0.25, 0.3) is 0 Å². The Labute approximate surface area is 151 Å². The predicted octanol–water partition coefficient (Wildman–Crippen LogP) is 2.79. The number of amides is 1. The lowest BCUT2D eigenvalue weighted by atomic mass is 9.88. The van der Waals surface area contributed by atoms with Crippen molar-refractivity contribution in [1.82, 2.24) is 16.0 Å². The maximum atomic E-state index is 13.6. The van der Waals surface area contributed by atoms with Gasteiger partial charge in [-0.1, -0.05) is 49.0 Å². The minimum absolute atomic E-state index is 0.203. The SMILES string of the molecule is C=C1NC(=S)N[C@@H](c2cccc(F)c2)[C@@H]1C(=O)NCc1ccccc1. The van der Waals surface area contributed by atoms with Gasteiger partial charge in [0, 0.05) is 12.2 Å². The molecule has 2 aromatic rings. The molecule has 0 aliphatic carbocycles. The van der Waals surface area contributed by atoms with Gasteiger partial charge in [0.05, 0.1) is 6.04 Å². The Bertz CT molecular complexity index is 809. The number of hydrogen-bond acceptors (Lipinski definition) is 2. The zero-order valence-electron chi connectivity index (χ0n) is 13.5. The number of hydrogen-bond donors (Lipinski definition) is 3. The van der Waals surface area contributed by atoms with Crippen LogP contribution in [0.5, 0.6) is 0 Å². The van der Waals surface area contributed by atoms with Crippen molar-refractivity contribution < 1.29 is 9.18 Å². The maximum Gasteiger partial charge on any atom is 0.231 e. The van der Waals surface area contributed by atoms with E-state index >= 15 is 0 Å². The molecule has 1 heterocycles. The molecule has 1 fully saturated rings. The van der Waals surface area contributed by atoms with Crippen molar-refractivity contribution in [2.75, 3.05) is 0 Å². The fraction of sp³-hybridized carbons (Fsp3) is 0.158. The number of nitrogens with one attached hydrogen (secondary N) is 3. The third-order valence-electron chi connectivity index (χ3n) is 4.07. The number of benzene rings is 2. The highest BCUT2D eigenvalue weighted by atomic mass is 32.1. The van der Waals surface area contributed by atoms with E-state index in [0.717, 1.165) is 5.56 Å². The second-order valence-corrected chi connectivity index (χ2v) is 6.25. The van der Waals surface area contributed by atoms with Crippen LogP contribution in [-0.4, -0.2) is 11.0 Å². The quantitative estimate of drug-likeness (QED) is 0.739. The third kappa shape index (κ3) is 4.03. The lowest BCUT2D eigenvalue weighted by Gasteiger charge is -2.35. The highest BCUT2D eigenvalue weighted by Crippen LogP contribution is 2.30. The Balaban J connectivity index is 1.81. The number of halogens is 1. The van der Waals surface area contributed by atoms with E-state index in [4.69, 9.17) is 12.2 Å². The summed E-state index contributed by atoms with van der Waals surface area (Å²) in [6, 6.07) is 15.3.